The van der Waals surface area contributed by atoms with Gasteiger partial charge in [-0.1, -0.05) is 36.5 Å². The van der Waals surface area contributed by atoms with E-state index in [-0.39, 0.29) is 5.91 Å². The highest BCUT2D eigenvalue weighted by Gasteiger charge is 2.04. The molecule has 1 aromatic carbocycles. The van der Waals surface area contributed by atoms with Gasteiger partial charge in [-0.2, -0.15) is 5.10 Å². The van der Waals surface area contributed by atoms with E-state index in [1.165, 1.54) is 6.33 Å². The van der Waals surface area contributed by atoms with Gasteiger partial charge >= 0.3 is 0 Å². The van der Waals surface area contributed by atoms with Crippen molar-refractivity contribution in [3.63, 3.8) is 0 Å². The minimum absolute atomic E-state index is 0.0346. The van der Waals surface area contributed by atoms with E-state index in [9.17, 15) is 4.79 Å². The number of aromatic nitrogens is 3. The number of nitrogens with zero attached hydrogens (tertiary/aromatic N) is 2. The number of benzene rings is 1. The SMILES string of the molecule is NC(=S)c1ccc(CC(=O)NCCc2ncn[nH]2)cc1. The molecule has 0 fully saturated rings. The molecule has 104 valence electrons. The van der Waals surface area contributed by atoms with Crippen molar-refractivity contribution < 1.29 is 4.79 Å². The Morgan fingerprint density at radius 3 is 2.70 bits per heavy atom. The first-order valence-electron chi connectivity index (χ1n) is 6.15. The number of hydrogen-bond donors (Lipinski definition) is 3. The predicted octanol–water partition coefficient (Wildman–Crippen LogP) is 0.340. The van der Waals surface area contributed by atoms with Crippen LogP contribution >= 0.6 is 12.2 Å². The van der Waals surface area contributed by atoms with Gasteiger partial charge in [-0.25, -0.2) is 4.98 Å². The van der Waals surface area contributed by atoms with Crippen LogP contribution in [0.3, 0.4) is 0 Å². The molecule has 0 radical (unpaired) electrons. The highest BCUT2D eigenvalue weighted by atomic mass is 32.1. The summed E-state index contributed by atoms with van der Waals surface area (Å²) in [6.45, 7) is 0.527. The van der Waals surface area contributed by atoms with E-state index in [2.05, 4.69) is 20.5 Å². The van der Waals surface area contributed by atoms with Crippen LogP contribution in [0.2, 0.25) is 0 Å². The average molecular weight is 289 g/mol. The zero-order valence-electron chi connectivity index (χ0n) is 10.8. The second-order valence-electron chi connectivity index (χ2n) is 4.27. The maximum Gasteiger partial charge on any atom is 0.224 e. The fourth-order valence-corrected chi connectivity index (χ4v) is 1.84. The summed E-state index contributed by atoms with van der Waals surface area (Å²) >= 11 is 4.87. The first-order valence-corrected chi connectivity index (χ1v) is 6.55. The zero-order valence-corrected chi connectivity index (χ0v) is 11.6. The molecule has 1 heterocycles. The lowest BCUT2D eigenvalue weighted by atomic mass is 10.1. The zero-order chi connectivity index (χ0) is 14.4. The third-order valence-corrected chi connectivity index (χ3v) is 2.99. The molecular formula is C13H15N5OS. The van der Waals surface area contributed by atoms with Gasteiger partial charge in [0.1, 0.15) is 17.1 Å². The fourth-order valence-electron chi connectivity index (χ4n) is 1.71. The molecule has 20 heavy (non-hydrogen) atoms. The molecule has 0 saturated carbocycles. The highest BCUT2D eigenvalue weighted by Crippen LogP contribution is 2.05. The molecule has 0 bridgehead atoms. The lowest BCUT2D eigenvalue weighted by Gasteiger charge is -2.05. The van der Waals surface area contributed by atoms with Crippen molar-refractivity contribution in [3.8, 4) is 0 Å². The highest BCUT2D eigenvalue weighted by molar-refractivity contribution is 7.80. The van der Waals surface area contributed by atoms with Crippen LogP contribution in [-0.2, 0) is 17.6 Å². The molecule has 6 nitrogen and oxygen atoms in total. The van der Waals surface area contributed by atoms with Gasteiger partial charge < -0.3 is 11.1 Å². The number of thiocarbonyl (C=S) groups is 1. The lowest BCUT2D eigenvalue weighted by Crippen LogP contribution is -2.27. The summed E-state index contributed by atoms with van der Waals surface area (Å²) in [5.74, 6) is 0.721. The molecule has 4 N–H and O–H groups in total. The van der Waals surface area contributed by atoms with Crippen LogP contribution in [0.1, 0.15) is 17.0 Å². The van der Waals surface area contributed by atoms with Gasteiger partial charge in [0.2, 0.25) is 5.91 Å². The van der Waals surface area contributed by atoms with Crippen LogP contribution in [0.5, 0.6) is 0 Å². The Hall–Kier alpha value is -2.28. The minimum Gasteiger partial charge on any atom is -0.389 e. The smallest absolute Gasteiger partial charge is 0.224 e. The number of rotatable bonds is 6. The molecule has 7 heteroatoms. The number of H-pyrrole nitrogens is 1. The van der Waals surface area contributed by atoms with E-state index < -0.39 is 0 Å². The fraction of sp³-hybridized carbons (Fsp3) is 0.231. The number of aromatic amines is 1. The summed E-state index contributed by atoms with van der Waals surface area (Å²) in [6.07, 6.45) is 2.40. The molecule has 0 aliphatic carbocycles. The first-order chi connectivity index (χ1) is 9.65. The van der Waals surface area contributed by atoms with E-state index in [0.29, 0.717) is 24.4 Å². The molecule has 0 atom stereocenters. The topological polar surface area (TPSA) is 96.7 Å². The Labute approximate surface area is 121 Å². The second kappa shape index (κ2) is 6.76. The molecule has 0 aliphatic rings. The average Bonchev–Trinajstić information content (AvgIpc) is 2.92. The molecule has 0 aliphatic heterocycles. The van der Waals surface area contributed by atoms with Crippen molar-refractivity contribution in [1.82, 2.24) is 20.5 Å². The van der Waals surface area contributed by atoms with Crippen LogP contribution in [0.4, 0.5) is 0 Å². The molecule has 2 rings (SSSR count). The van der Waals surface area contributed by atoms with E-state index in [1.807, 2.05) is 24.3 Å². The Morgan fingerprint density at radius 1 is 1.35 bits per heavy atom. The molecule has 0 spiro atoms. The molecular weight excluding hydrogens is 274 g/mol. The molecule has 2 aromatic rings. The third-order valence-electron chi connectivity index (χ3n) is 2.75. The van der Waals surface area contributed by atoms with Crippen molar-refractivity contribution >= 4 is 23.1 Å². The number of hydrogen-bond acceptors (Lipinski definition) is 4. The maximum absolute atomic E-state index is 11.8. The van der Waals surface area contributed by atoms with Gasteiger partial charge in [0.05, 0.1) is 6.42 Å². The second-order valence-corrected chi connectivity index (χ2v) is 4.71. The van der Waals surface area contributed by atoms with Gasteiger partial charge in [0, 0.05) is 18.5 Å². The molecule has 1 amide bonds. The van der Waals surface area contributed by atoms with Crippen LogP contribution < -0.4 is 11.1 Å². The monoisotopic (exact) mass is 289 g/mol. The van der Waals surface area contributed by atoms with Crippen molar-refractivity contribution in [2.24, 2.45) is 5.73 Å². The van der Waals surface area contributed by atoms with Gasteiger partial charge in [0.25, 0.3) is 0 Å². The predicted molar refractivity (Wildman–Crippen MR) is 79.1 cm³/mol. The number of amides is 1. The summed E-state index contributed by atoms with van der Waals surface area (Å²) in [7, 11) is 0. The standard InChI is InChI=1S/C13H15N5OS/c14-13(20)10-3-1-9(2-4-10)7-12(19)15-6-5-11-16-8-17-18-11/h1-4,8H,5-7H2,(H2,14,20)(H,15,19)(H,16,17,18). The normalized spacial score (nSPS) is 10.2. The van der Waals surface area contributed by atoms with Gasteiger partial charge in [0.15, 0.2) is 0 Å². The Balaban J connectivity index is 1.77. The largest absolute Gasteiger partial charge is 0.389 e. The van der Waals surface area contributed by atoms with Gasteiger partial charge in [-0.15, -0.1) is 0 Å². The molecule has 0 saturated heterocycles. The van der Waals surface area contributed by atoms with Crippen molar-refractivity contribution in [2.45, 2.75) is 12.8 Å². The van der Waals surface area contributed by atoms with Crippen molar-refractivity contribution in [3.05, 3.63) is 47.5 Å². The summed E-state index contributed by atoms with van der Waals surface area (Å²) in [5, 5.41) is 9.31. The van der Waals surface area contributed by atoms with E-state index in [1.54, 1.807) is 0 Å². The van der Waals surface area contributed by atoms with Crippen molar-refractivity contribution in [1.29, 1.82) is 0 Å². The van der Waals surface area contributed by atoms with E-state index in [4.69, 9.17) is 18.0 Å². The number of nitrogens with one attached hydrogen (secondary N) is 2. The Kier molecular flexibility index (Phi) is 4.78. The third kappa shape index (κ3) is 4.13. The van der Waals surface area contributed by atoms with Crippen LogP contribution in [0.15, 0.2) is 30.6 Å². The van der Waals surface area contributed by atoms with Crippen LogP contribution in [0, 0.1) is 0 Å². The van der Waals surface area contributed by atoms with E-state index in [0.717, 1.165) is 17.0 Å². The van der Waals surface area contributed by atoms with E-state index >= 15 is 0 Å². The van der Waals surface area contributed by atoms with Crippen LogP contribution in [-0.4, -0.2) is 32.6 Å². The minimum atomic E-state index is -0.0346. The maximum atomic E-state index is 11.8. The van der Waals surface area contributed by atoms with Crippen molar-refractivity contribution in [2.75, 3.05) is 6.54 Å². The summed E-state index contributed by atoms with van der Waals surface area (Å²) in [4.78, 5) is 16.1. The first kappa shape index (κ1) is 14.1. The molecule has 0 unspecified atom stereocenters. The number of carbonyl (C=O) groups is 1. The summed E-state index contributed by atoms with van der Waals surface area (Å²) in [5.41, 5.74) is 7.23. The lowest BCUT2D eigenvalue weighted by molar-refractivity contribution is -0.120. The quantitative estimate of drug-likeness (QED) is 0.666. The van der Waals surface area contributed by atoms with Gasteiger partial charge in [-0.3, -0.25) is 9.89 Å². The Bertz CT molecular complexity index is 579. The Morgan fingerprint density at radius 2 is 2.10 bits per heavy atom. The number of carbonyl (C=O) groups excluding carboxylic acids is 1. The van der Waals surface area contributed by atoms with Crippen LogP contribution in [0.25, 0.3) is 0 Å². The summed E-state index contributed by atoms with van der Waals surface area (Å²) < 4.78 is 0. The van der Waals surface area contributed by atoms with Gasteiger partial charge in [-0.05, 0) is 5.56 Å². The summed E-state index contributed by atoms with van der Waals surface area (Å²) in [6, 6.07) is 7.34. The number of nitrogens with two attached hydrogens (primary N) is 1. The molecule has 1 aromatic heterocycles.